The number of halogens is 3. The standard InChI is InChI=1S/C16H20F3NO/c17-12-7-11(8-13(18)14(12)19)15(20)10-3-6-21-16(9-10)4-1-2-5-16/h7-8,10,15H,1-6,9,20H2. The van der Waals surface area contributed by atoms with Crippen LogP contribution in [0.3, 0.4) is 0 Å². The maximum absolute atomic E-state index is 13.4. The molecule has 116 valence electrons. The molecule has 0 aromatic heterocycles. The van der Waals surface area contributed by atoms with Crippen molar-refractivity contribution in [3.8, 4) is 0 Å². The fourth-order valence-corrected chi connectivity index (χ4v) is 3.78. The summed E-state index contributed by atoms with van der Waals surface area (Å²) in [6, 6.07) is 1.54. The molecule has 2 nitrogen and oxygen atoms in total. The number of hydrogen-bond acceptors (Lipinski definition) is 2. The minimum atomic E-state index is -1.44. The van der Waals surface area contributed by atoms with Gasteiger partial charge in [-0.1, -0.05) is 12.8 Å². The Kier molecular flexibility index (Phi) is 3.97. The fraction of sp³-hybridized carbons (Fsp3) is 0.625. The Morgan fingerprint density at radius 1 is 1.14 bits per heavy atom. The van der Waals surface area contributed by atoms with Gasteiger partial charge in [-0.25, -0.2) is 13.2 Å². The molecule has 1 aromatic carbocycles. The maximum atomic E-state index is 13.4. The van der Waals surface area contributed by atoms with E-state index in [9.17, 15) is 13.2 Å². The second-order valence-corrected chi connectivity index (χ2v) is 6.32. The summed E-state index contributed by atoms with van der Waals surface area (Å²) < 4.78 is 45.7. The van der Waals surface area contributed by atoms with Crippen LogP contribution in [0.2, 0.25) is 0 Å². The number of benzene rings is 1. The molecule has 5 heteroatoms. The number of nitrogens with two attached hydrogens (primary N) is 1. The van der Waals surface area contributed by atoms with Crippen molar-refractivity contribution in [2.45, 2.75) is 50.2 Å². The van der Waals surface area contributed by atoms with Crippen LogP contribution >= 0.6 is 0 Å². The molecule has 1 saturated carbocycles. The van der Waals surface area contributed by atoms with Crippen molar-refractivity contribution in [3.63, 3.8) is 0 Å². The minimum Gasteiger partial charge on any atom is -0.375 e. The van der Waals surface area contributed by atoms with E-state index < -0.39 is 23.5 Å². The molecule has 0 radical (unpaired) electrons. The molecule has 2 aliphatic rings. The Hall–Kier alpha value is -1.07. The Balaban J connectivity index is 1.79. The van der Waals surface area contributed by atoms with E-state index in [1.54, 1.807) is 0 Å². The van der Waals surface area contributed by atoms with Gasteiger partial charge in [-0.3, -0.25) is 0 Å². The molecule has 2 unspecified atom stereocenters. The van der Waals surface area contributed by atoms with Crippen LogP contribution in [0.4, 0.5) is 13.2 Å². The Labute approximate surface area is 122 Å². The number of hydrogen-bond donors (Lipinski definition) is 1. The fourth-order valence-electron chi connectivity index (χ4n) is 3.78. The summed E-state index contributed by atoms with van der Waals surface area (Å²) in [6.07, 6.45) is 5.95. The molecule has 0 bridgehead atoms. The van der Waals surface area contributed by atoms with Crippen molar-refractivity contribution in [2.24, 2.45) is 11.7 Å². The predicted octanol–water partition coefficient (Wildman–Crippen LogP) is 3.84. The maximum Gasteiger partial charge on any atom is 0.194 e. The molecule has 21 heavy (non-hydrogen) atoms. The van der Waals surface area contributed by atoms with Crippen LogP contribution in [-0.2, 0) is 4.74 Å². The first kappa shape index (κ1) is 14.9. The third-order valence-electron chi connectivity index (χ3n) is 4.94. The SMILES string of the molecule is NC(c1cc(F)c(F)c(F)c1)C1CCOC2(CCCC2)C1. The van der Waals surface area contributed by atoms with Crippen LogP contribution in [0.25, 0.3) is 0 Å². The van der Waals surface area contributed by atoms with Crippen molar-refractivity contribution in [1.29, 1.82) is 0 Å². The molecule has 2 N–H and O–H groups in total. The average Bonchev–Trinajstić information content (AvgIpc) is 2.91. The third kappa shape index (κ3) is 2.81. The zero-order valence-corrected chi connectivity index (χ0v) is 11.9. The van der Waals surface area contributed by atoms with Crippen molar-refractivity contribution < 1.29 is 17.9 Å². The van der Waals surface area contributed by atoms with Gasteiger partial charge in [-0.2, -0.15) is 0 Å². The van der Waals surface area contributed by atoms with E-state index in [0.717, 1.165) is 50.7 Å². The van der Waals surface area contributed by atoms with E-state index in [1.807, 2.05) is 0 Å². The van der Waals surface area contributed by atoms with Crippen LogP contribution < -0.4 is 5.73 Å². The van der Waals surface area contributed by atoms with Crippen molar-refractivity contribution in [3.05, 3.63) is 35.1 Å². The van der Waals surface area contributed by atoms with Gasteiger partial charge < -0.3 is 10.5 Å². The highest BCUT2D eigenvalue weighted by Crippen LogP contribution is 2.44. The molecule has 1 spiro atoms. The van der Waals surface area contributed by atoms with Crippen LogP contribution in [0.5, 0.6) is 0 Å². The van der Waals surface area contributed by atoms with Gasteiger partial charge in [0.2, 0.25) is 0 Å². The third-order valence-corrected chi connectivity index (χ3v) is 4.94. The van der Waals surface area contributed by atoms with E-state index in [2.05, 4.69) is 0 Å². The molecule has 1 aliphatic heterocycles. The second-order valence-electron chi connectivity index (χ2n) is 6.32. The smallest absolute Gasteiger partial charge is 0.194 e. The molecule has 2 fully saturated rings. The number of ether oxygens (including phenoxy) is 1. The van der Waals surface area contributed by atoms with E-state index in [1.165, 1.54) is 0 Å². The lowest BCUT2D eigenvalue weighted by molar-refractivity contribution is -0.0964. The van der Waals surface area contributed by atoms with Gasteiger partial charge >= 0.3 is 0 Å². The summed E-state index contributed by atoms with van der Waals surface area (Å²) in [5, 5.41) is 0. The van der Waals surface area contributed by atoms with Gasteiger partial charge in [0.05, 0.1) is 5.60 Å². The first-order valence-corrected chi connectivity index (χ1v) is 7.55. The van der Waals surface area contributed by atoms with Gasteiger partial charge in [-0.15, -0.1) is 0 Å². The summed E-state index contributed by atoms with van der Waals surface area (Å²) >= 11 is 0. The summed E-state index contributed by atoms with van der Waals surface area (Å²) in [5.41, 5.74) is 6.42. The van der Waals surface area contributed by atoms with Gasteiger partial charge in [-0.05, 0) is 49.3 Å². The minimum absolute atomic E-state index is 0.0995. The van der Waals surface area contributed by atoms with Crippen LogP contribution in [0, 0.1) is 23.4 Å². The predicted molar refractivity (Wildman–Crippen MR) is 73.1 cm³/mol. The number of rotatable bonds is 2. The molecule has 1 heterocycles. The van der Waals surface area contributed by atoms with E-state index in [-0.39, 0.29) is 11.5 Å². The highest BCUT2D eigenvalue weighted by atomic mass is 19.2. The zero-order chi connectivity index (χ0) is 15.0. The summed E-state index contributed by atoms with van der Waals surface area (Å²) in [5.74, 6) is -3.68. The highest BCUT2D eigenvalue weighted by molar-refractivity contribution is 5.23. The van der Waals surface area contributed by atoms with E-state index in [0.29, 0.717) is 12.2 Å². The lowest BCUT2D eigenvalue weighted by Crippen LogP contribution is -2.40. The van der Waals surface area contributed by atoms with Gasteiger partial charge in [0.25, 0.3) is 0 Å². The molecular formula is C16H20F3NO. The molecule has 1 saturated heterocycles. The molecule has 0 amide bonds. The van der Waals surface area contributed by atoms with E-state index in [4.69, 9.17) is 10.5 Å². The summed E-state index contributed by atoms with van der Waals surface area (Å²) in [7, 11) is 0. The topological polar surface area (TPSA) is 35.2 Å². The van der Waals surface area contributed by atoms with Crippen LogP contribution in [0.15, 0.2) is 12.1 Å². The first-order chi connectivity index (χ1) is 10.0. The molecule has 2 atom stereocenters. The van der Waals surface area contributed by atoms with Crippen LogP contribution in [0.1, 0.15) is 50.1 Å². The lowest BCUT2D eigenvalue weighted by Gasteiger charge is -2.40. The van der Waals surface area contributed by atoms with Crippen molar-refractivity contribution >= 4 is 0 Å². The quantitative estimate of drug-likeness (QED) is 0.842. The van der Waals surface area contributed by atoms with Gasteiger partial charge in [0.1, 0.15) is 0 Å². The van der Waals surface area contributed by atoms with Gasteiger partial charge in [0.15, 0.2) is 17.5 Å². The molecular weight excluding hydrogens is 279 g/mol. The first-order valence-electron chi connectivity index (χ1n) is 7.55. The summed E-state index contributed by atoms with van der Waals surface area (Å²) in [6.45, 7) is 0.629. The van der Waals surface area contributed by atoms with Crippen LogP contribution in [-0.4, -0.2) is 12.2 Å². The van der Waals surface area contributed by atoms with Gasteiger partial charge in [0, 0.05) is 12.6 Å². The normalized spacial score (nSPS) is 26.2. The van der Waals surface area contributed by atoms with E-state index >= 15 is 0 Å². The second kappa shape index (κ2) is 5.61. The lowest BCUT2D eigenvalue weighted by atomic mass is 9.79. The Morgan fingerprint density at radius 2 is 1.76 bits per heavy atom. The van der Waals surface area contributed by atoms with Crippen molar-refractivity contribution in [2.75, 3.05) is 6.61 Å². The Bertz CT molecular complexity index is 505. The Morgan fingerprint density at radius 3 is 2.38 bits per heavy atom. The molecule has 1 aliphatic carbocycles. The average molecular weight is 299 g/mol. The largest absolute Gasteiger partial charge is 0.375 e. The monoisotopic (exact) mass is 299 g/mol. The summed E-state index contributed by atoms with van der Waals surface area (Å²) in [4.78, 5) is 0. The zero-order valence-electron chi connectivity index (χ0n) is 11.9. The van der Waals surface area contributed by atoms with Crippen molar-refractivity contribution in [1.82, 2.24) is 0 Å². The highest BCUT2D eigenvalue weighted by Gasteiger charge is 2.41. The molecule has 3 rings (SSSR count). The molecule has 1 aromatic rings.